The quantitative estimate of drug-likeness (QED) is 0.603. The van der Waals surface area contributed by atoms with E-state index < -0.39 is 24.0 Å². The number of fused-ring (bicyclic) bond motifs is 1. The van der Waals surface area contributed by atoms with Gasteiger partial charge in [0, 0.05) is 36.1 Å². The van der Waals surface area contributed by atoms with Crippen LogP contribution in [-0.4, -0.2) is 46.6 Å². The molecular formula is C24H22FN5O3. The first kappa shape index (κ1) is 22.1. The van der Waals surface area contributed by atoms with Gasteiger partial charge in [-0.1, -0.05) is 18.8 Å². The molecule has 1 fully saturated rings. The van der Waals surface area contributed by atoms with Crippen molar-refractivity contribution in [3.8, 4) is 29.5 Å². The number of nitrogens with zero attached hydrogens (tertiary/aromatic N) is 4. The van der Waals surface area contributed by atoms with E-state index in [0.29, 0.717) is 34.1 Å². The lowest BCUT2D eigenvalue weighted by Gasteiger charge is -2.19. The zero-order valence-corrected chi connectivity index (χ0v) is 18.4. The molecule has 9 heteroatoms. The first-order chi connectivity index (χ1) is 15.9. The number of alkyl halides is 1. The first-order valence-corrected chi connectivity index (χ1v) is 10.4. The van der Waals surface area contributed by atoms with Gasteiger partial charge in [0.15, 0.2) is 6.17 Å². The highest BCUT2D eigenvalue weighted by molar-refractivity contribution is 5.94. The number of halogens is 1. The molecule has 0 radical (unpaired) electrons. The van der Waals surface area contributed by atoms with Gasteiger partial charge in [0.05, 0.1) is 36.0 Å². The molecule has 1 N–H and O–H groups in total. The van der Waals surface area contributed by atoms with Crippen molar-refractivity contribution >= 4 is 16.7 Å². The van der Waals surface area contributed by atoms with Crippen LogP contribution in [0, 0.1) is 29.1 Å². The highest BCUT2D eigenvalue weighted by Crippen LogP contribution is 2.33. The molecule has 1 amide bonds. The number of benzene rings is 1. The number of hydrogen-bond donors (Lipinski definition) is 1. The number of methoxy groups -OCH3 is 1. The lowest BCUT2D eigenvalue weighted by atomic mass is 9.97. The summed E-state index contributed by atoms with van der Waals surface area (Å²) in [5, 5.41) is 17.5. The smallest absolute Gasteiger partial charge is 0.255 e. The molecule has 1 aliphatic rings. The molecule has 3 atom stereocenters. The second kappa shape index (κ2) is 9.17. The number of aryl methyl sites for hydroxylation is 1. The Hall–Kier alpha value is -4.11. The number of carbonyl (C=O) groups excluding carboxylic acids is 1. The molecule has 33 heavy (non-hydrogen) atoms. The molecule has 0 saturated carbocycles. The first-order valence-electron chi connectivity index (χ1n) is 10.4. The second-order valence-electron chi connectivity index (χ2n) is 7.74. The lowest BCUT2D eigenvalue weighted by molar-refractivity contribution is -0.123. The van der Waals surface area contributed by atoms with Gasteiger partial charge in [0.25, 0.3) is 5.91 Å². The standard InChI is InChI=1S/C24H22FN5O3/c1-4-17-20(29-23(31)22(17)25)13-33-24-19-8-21(32-3)16(9-26)7-18(19)15(11-27-24)6-5-14-10-28-30(2)12-14/h7-8,10-12,17,20,22H,4,13H2,1-3H3,(H,29,31)/t17-,20+,22-/m0/s1. The van der Waals surface area contributed by atoms with Crippen molar-refractivity contribution < 1.29 is 18.7 Å². The summed E-state index contributed by atoms with van der Waals surface area (Å²) in [4.78, 5) is 16.2. The maximum atomic E-state index is 14.1. The molecule has 1 aromatic carbocycles. The van der Waals surface area contributed by atoms with Gasteiger partial charge in [-0.15, -0.1) is 0 Å². The summed E-state index contributed by atoms with van der Waals surface area (Å²) >= 11 is 0. The van der Waals surface area contributed by atoms with Crippen LogP contribution in [0.3, 0.4) is 0 Å². The van der Waals surface area contributed by atoms with E-state index in [1.54, 1.807) is 42.5 Å². The summed E-state index contributed by atoms with van der Waals surface area (Å²) in [6, 6.07) is 5.02. The highest BCUT2D eigenvalue weighted by Gasteiger charge is 2.41. The Morgan fingerprint density at radius 3 is 2.73 bits per heavy atom. The van der Waals surface area contributed by atoms with Crippen molar-refractivity contribution in [2.75, 3.05) is 13.7 Å². The SMILES string of the molecule is CC[C@@H]1[C@H](F)C(=O)N[C@@H]1COc1ncc(C#Cc2cnn(C)c2)c2cc(C#N)c(OC)cc12. The molecule has 2 aromatic heterocycles. The maximum Gasteiger partial charge on any atom is 0.255 e. The Balaban J connectivity index is 1.72. The van der Waals surface area contributed by atoms with Gasteiger partial charge in [-0.3, -0.25) is 9.48 Å². The Labute approximate surface area is 190 Å². The molecule has 0 aliphatic carbocycles. The van der Waals surface area contributed by atoms with Crippen LogP contribution in [0.5, 0.6) is 11.6 Å². The number of amides is 1. The molecule has 8 nitrogen and oxygen atoms in total. The third-order valence-corrected chi connectivity index (χ3v) is 5.68. The van der Waals surface area contributed by atoms with Crippen LogP contribution in [0.2, 0.25) is 0 Å². The number of hydrogen-bond acceptors (Lipinski definition) is 6. The zero-order chi connectivity index (χ0) is 23.5. The highest BCUT2D eigenvalue weighted by atomic mass is 19.1. The molecule has 3 heterocycles. The number of pyridine rings is 1. The molecule has 1 aliphatic heterocycles. The predicted molar refractivity (Wildman–Crippen MR) is 118 cm³/mol. The summed E-state index contributed by atoms with van der Waals surface area (Å²) in [7, 11) is 3.28. The molecule has 1 saturated heterocycles. The minimum Gasteiger partial charge on any atom is -0.495 e. The summed E-state index contributed by atoms with van der Waals surface area (Å²) in [5.41, 5.74) is 1.69. The van der Waals surface area contributed by atoms with E-state index in [4.69, 9.17) is 9.47 Å². The van der Waals surface area contributed by atoms with Gasteiger partial charge in [-0.25, -0.2) is 9.37 Å². The lowest BCUT2D eigenvalue weighted by Crippen LogP contribution is -2.34. The third kappa shape index (κ3) is 4.31. The van der Waals surface area contributed by atoms with Crippen LogP contribution >= 0.6 is 0 Å². The van der Waals surface area contributed by atoms with E-state index in [1.165, 1.54) is 7.11 Å². The molecule has 3 aromatic rings. The molecule has 4 rings (SSSR count). The van der Waals surface area contributed by atoms with Crippen molar-refractivity contribution in [1.29, 1.82) is 5.26 Å². The van der Waals surface area contributed by atoms with Crippen LogP contribution < -0.4 is 14.8 Å². The normalized spacial score (nSPS) is 19.5. The van der Waals surface area contributed by atoms with Crippen molar-refractivity contribution in [2.24, 2.45) is 13.0 Å². The van der Waals surface area contributed by atoms with E-state index in [1.807, 2.05) is 6.92 Å². The maximum absolute atomic E-state index is 14.1. The average Bonchev–Trinajstić information content (AvgIpc) is 3.36. The van der Waals surface area contributed by atoms with Crippen LogP contribution in [0.1, 0.15) is 30.0 Å². The van der Waals surface area contributed by atoms with Crippen molar-refractivity contribution in [3.05, 3.63) is 47.4 Å². The van der Waals surface area contributed by atoms with Crippen LogP contribution in [0.25, 0.3) is 10.8 Å². The molecule has 0 bridgehead atoms. The van der Waals surface area contributed by atoms with Crippen LogP contribution in [-0.2, 0) is 11.8 Å². The monoisotopic (exact) mass is 447 g/mol. The number of aromatic nitrogens is 3. The topological polar surface area (TPSA) is 102 Å². The number of carbonyl (C=O) groups is 1. The van der Waals surface area contributed by atoms with Gasteiger partial charge in [-0.2, -0.15) is 10.4 Å². The van der Waals surface area contributed by atoms with Crippen molar-refractivity contribution in [2.45, 2.75) is 25.6 Å². The zero-order valence-electron chi connectivity index (χ0n) is 18.4. The minimum absolute atomic E-state index is 0.0653. The van der Waals surface area contributed by atoms with E-state index in [-0.39, 0.29) is 12.5 Å². The summed E-state index contributed by atoms with van der Waals surface area (Å²) < 4.78 is 27.1. The summed E-state index contributed by atoms with van der Waals surface area (Å²) in [6.07, 6.45) is 3.97. The summed E-state index contributed by atoms with van der Waals surface area (Å²) in [6.45, 7) is 1.90. The van der Waals surface area contributed by atoms with Gasteiger partial charge in [0.1, 0.15) is 18.4 Å². The summed E-state index contributed by atoms with van der Waals surface area (Å²) in [5.74, 6) is 5.70. The van der Waals surface area contributed by atoms with Crippen LogP contribution in [0.4, 0.5) is 4.39 Å². The van der Waals surface area contributed by atoms with Gasteiger partial charge in [-0.05, 0) is 18.6 Å². The van der Waals surface area contributed by atoms with Crippen molar-refractivity contribution in [3.63, 3.8) is 0 Å². The van der Waals surface area contributed by atoms with Gasteiger partial charge < -0.3 is 14.8 Å². The molecule has 0 spiro atoms. The average molecular weight is 447 g/mol. The Morgan fingerprint density at radius 2 is 2.06 bits per heavy atom. The van der Waals surface area contributed by atoms with Gasteiger partial charge >= 0.3 is 0 Å². The Bertz CT molecular complexity index is 1320. The van der Waals surface area contributed by atoms with E-state index >= 15 is 0 Å². The van der Waals surface area contributed by atoms with Crippen LogP contribution in [0.15, 0.2) is 30.7 Å². The molecule has 0 unspecified atom stereocenters. The van der Waals surface area contributed by atoms with Crippen molar-refractivity contribution in [1.82, 2.24) is 20.1 Å². The largest absolute Gasteiger partial charge is 0.495 e. The Morgan fingerprint density at radius 1 is 1.24 bits per heavy atom. The van der Waals surface area contributed by atoms with E-state index in [9.17, 15) is 14.4 Å². The second-order valence-corrected chi connectivity index (χ2v) is 7.74. The fourth-order valence-electron chi connectivity index (χ4n) is 3.93. The number of nitriles is 1. The minimum atomic E-state index is -1.54. The number of nitrogens with one attached hydrogen (secondary N) is 1. The van der Waals surface area contributed by atoms with E-state index in [2.05, 4.69) is 33.3 Å². The fraction of sp³-hybridized carbons (Fsp3) is 0.333. The third-order valence-electron chi connectivity index (χ3n) is 5.68. The fourth-order valence-corrected chi connectivity index (χ4v) is 3.93. The number of ether oxygens (including phenoxy) is 2. The molecular weight excluding hydrogens is 425 g/mol. The van der Waals surface area contributed by atoms with E-state index in [0.717, 1.165) is 5.56 Å². The molecule has 168 valence electrons. The predicted octanol–water partition coefficient (Wildman–Crippen LogP) is 2.49. The van der Waals surface area contributed by atoms with Gasteiger partial charge in [0.2, 0.25) is 5.88 Å². The number of rotatable bonds is 5. The Kier molecular flexibility index (Phi) is 6.14.